The van der Waals surface area contributed by atoms with Crippen molar-refractivity contribution in [3.8, 4) is 11.5 Å². The number of carboxylic acids is 1. The SMILES string of the molecule is CCCCC(=C(c1ccc(O)cc1)c1ccc(O)cc1)c1ccc(C(F)(F)F)c(C=CC(=O)O)c1. The Bertz CT molecular complexity index is 1190. The van der Waals surface area contributed by atoms with Crippen molar-refractivity contribution >= 4 is 23.2 Å². The summed E-state index contributed by atoms with van der Waals surface area (Å²) in [6.45, 7) is 2.01. The number of hydrogen-bond donors (Lipinski definition) is 3. The second-order valence-electron chi connectivity index (χ2n) is 8.02. The van der Waals surface area contributed by atoms with Crippen molar-refractivity contribution in [3.05, 3.63) is 101 Å². The molecule has 0 aliphatic heterocycles. The molecule has 0 bridgehead atoms. The lowest BCUT2D eigenvalue weighted by atomic mass is 9.86. The maximum Gasteiger partial charge on any atom is 0.416 e. The van der Waals surface area contributed by atoms with Crippen LogP contribution in [0.4, 0.5) is 13.2 Å². The summed E-state index contributed by atoms with van der Waals surface area (Å²) in [5.74, 6) is -1.20. The number of aromatic hydroxyl groups is 2. The van der Waals surface area contributed by atoms with E-state index in [-0.39, 0.29) is 17.1 Å². The van der Waals surface area contributed by atoms with Crippen molar-refractivity contribution < 1.29 is 33.3 Å². The number of benzene rings is 3. The summed E-state index contributed by atoms with van der Waals surface area (Å²) >= 11 is 0. The standard InChI is InChI=1S/C28H25F3O4/c1-2-3-4-24(20-9-15-25(28(29,30)31)21(17-20)10-16-26(34)35)27(18-5-11-22(32)12-6-18)19-7-13-23(33)14-8-19/h5-17,32-33H,2-4H2,1H3,(H,34,35). The van der Waals surface area contributed by atoms with Crippen LogP contribution in [0.25, 0.3) is 17.2 Å². The Morgan fingerprint density at radius 2 is 1.37 bits per heavy atom. The van der Waals surface area contributed by atoms with Gasteiger partial charge in [-0.3, -0.25) is 0 Å². The Hall–Kier alpha value is -4.00. The van der Waals surface area contributed by atoms with Crippen molar-refractivity contribution in [2.45, 2.75) is 32.4 Å². The zero-order valence-corrected chi connectivity index (χ0v) is 19.0. The van der Waals surface area contributed by atoms with Gasteiger partial charge in [0.05, 0.1) is 5.56 Å². The lowest BCUT2D eigenvalue weighted by molar-refractivity contribution is -0.138. The molecule has 0 atom stereocenters. The molecule has 182 valence electrons. The van der Waals surface area contributed by atoms with E-state index in [0.717, 1.165) is 47.3 Å². The largest absolute Gasteiger partial charge is 0.508 e. The van der Waals surface area contributed by atoms with E-state index in [1.807, 2.05) is 6.92 Å². The monoisotopic (exact) mass is 482 g/mol. The average molecular weight is 482 g/mol. The fourth-order valence-corrected chi connectivity index (χ4v) is 3.85. The number of alkyl halides is 3. The molecule has 0 aromatic heterocycles. The van der Waals surface area contributed by atoms with Gasteiger partial charge in [0.25, 0.3) is 0 Å². The minimum Gasteiger partial charge on any atom is -0.508 e. The zero-order chi connectivity index (χ0) is 25.6. The Morgan fingerprint density at radius 1 is 0.857 bits per heavy atom. The fraction of sp³-hybridized carbons (Fsp3) is 0.179. The summed E-state index contributed by atoms with van der Waals surface area (Å²) < 4.78 is 40.9. The minimum atomic E-state index is -4.65. The van der Waals surface area contributed by atoms with E-state index in [1.165, 1.54) is 36.4 Å². The highest BCUT2D eigenvalue weighted by atomic mass is 19.4. The molecule has 0 aliphatic carbocycles. The Balaban J connectivity index is 2.34. The molecule has 0 aliphatic rings. The Labute approximate surface area is 201 Å². The summed E-state index contributed by atoms with van der Waals surface area (Å²) in [7, 11) is 0. The molecule has 0 amide bonds. The molecule has 4 nitrogen and oxygen atoms in total. The van der Waals surface area contributed by atoms with Crippen molar-refractivity contribution in [2.75, 3.05) is 0 Å². The number of aliphatic carboxylic acids is 1. The lowest BCUT2D eigenvalue weighted by Gasteiger charge is -2.19. The van der Waals surface area contributed by atoms with E-state index >= 15 is 0 Å². The first kappa shape index (κ1) is 25.6. The van der Waals surface area contributed by atoms with Gasteiger partial charge in [-0.25, -0.2) is 4.79 Å². The van der Waals surface area contributed by atoms with Crippen LogP contribution in [0.5, 0.6) is 11.5 Å². The summed E-state index contributed by atoms with van der Waals surface area (Å²) in [6.07, 6.45) is -0.871. The van der Waals surface area contributed by atoms with E-state index in [4.69, 9.17) is 5.11 Å². The van der Waals surface area contributed by atoms with Crippen LogP contribution < -0.4 is 0 Å². The highest BCUT2D eigenvalue weighted by Gasteiger charge is 2.33. The van der Waals surface area contributed by atoms with Gasteiger partial charge in [-0.2, -0.15) is 13.2 Å². The molecule has 7 heteroatoms. The van der Waals surface area contributed by atoms with Gasteiger partial charge in [0.2, 0.25) is 0 Å². The van der Waals surface area contributed by atoms with Crippen LogP contribution >= 0.6 is 0 Å². The smallest absolute Gasteiger partial charge is 0.416 e. The summed E-state index contributed by atoms with van der Waals surface area (Å²) in [4.78, 5) is 11.0. The van der Waals surface area contributed by atoms with Crippen LogP contribution in [0.1, 0.15) is 54.0 Å². The van der Waals surface area contributed by atoms with Crippen molar-refractivity contribution in [1.82, 2.24) is 0 Å². The first-order chi connectivity index (χ1) is 16.6. The van der Waals surface area contributed by atoms with E-state index < -0.39 is 17.7 Å². The normalized spacial score (nSPS) is 11.5. The van der Waals surface area contributed by atoms with Gasteiger partial charge in [-0.15, -0.1) is 0 Å². The van der Waals surface area contributed by atoms with Gasteiger partial charge in [-0.1, -0.05) is 43.7 Å². The van der Waals surface area contributed by atoms with Gasteiger partial charge in [0, 0.05) is 6.08 Å². The van der Waals surface area contributed by atoms with E-state index in [9.17, 15) is 28.2 Å². The number of halogens is 3. The van der Waals surface area contributed by atoms with Gasteiger partial charge < -0.3 is 15.3 Å². The van der Waals surface area contributed by atoms with Gasteiger partial charge >= 0.3 is 12.1 Å². The lowest BCUT2D eigenvalue weighted by Crippen LogP contribution is -2.08. The fourth-order valence-electron chi connectivity index (χ4n) is 3.85. The molecular weight excluding hydrogens is 457 g/mol. The molecule has 0 heterocycles. The topological polar surface area (TPSA) is 77.8 Å². The van der Waals surface area contributed by atoms with E-state index in [0.29, 0.717) is 18.1 Å². The number of unbranched alkanes of at least 4 members (excludes halogenated alkanes) is 1. The van der Waals surface area contributed by atoms with Crippen LogP contribution in [0.3, 0.4) is 0 Å². The Kier molecular flexibility index (Phi) is 8.02. The second-order valence-corrected chi connectivity index (χ2v) is 8.02. The molecule has 0 saturated heterocycles. The van der Waals surface area contributed by atoms with Crippen LogP contribution in [0, 0.1) is 0 Å². The summed E-state index contributed by atoms with van der Waals surface area (Å²) in [5.41, 5.74) is 2.33. The molecule has 0 radical (unpaired) electrons. The van der Waals surface area contributed by atoms with Crippen LogP contribution in [-0.4, -0.2) is 21.3 Å². The summed E-state index contributed by atoms with van der Waals surface area (Å²) in [6, 6.07) is 16.7. The molecule has 3 aromatic carbocycles. The number of phenolic OH excluding ortho intramolecular Hbond substituents is 2. The third kappa shape index (κ3) is 6.53. The minimum absolute atomic E-state index is 0.0736. The number of carbonyl (C=O) groups is 1. The second kappa shape index (κ2) is 11.0. The molecule has 0 spiro atoms. The summed E-state index contributed by atoms with van der Waals surface area (Å²) in [5, 5.41) is 28.5. The first-order valence-corrected chi connectivity index (χ1v) is 11.0. The van der Waals surface area contributed by atoms with Crippen molar-refractivity contribution in [1.29, 1.82) is 0 Å². The third-order valence-corrected chi connectivity index (χ3v) is 5.50. The average Bonchev–Trinajstić information content (AvgIpc) is 2.81. The molecule has 0 fully saturated rings. The van der Waals surface area contributed by atoms with Gasteiger partial charge in [-0.05, 0) is 88.7 Å². The molecule has 35 heavy (non-hydrogen) atoms. The van der Waals surface area contributed by atoms with E-state index in [1.54, 1.807) is 24.3 Å². The molecule has 3 aromatic rings. The number of carboxylic acid groups (broad SMARTS) is 1. The van der Waals surface area contributed by atoms with Gasteiger partial charge in [0.1, 0.15) is 11.5 Å². The number of phenols is 2. The zero-order valence-electron chi connectivity index (χ0n) is 19.0. The molecule has 0 saturated carbocycles. The third-order valence-electron chi connectivity index (χ3n) is 5.50. The van der Waals surface area contributed by atoms with Crippen molar-refractivity contribution in [3.63, 3.8) is 0 Å². The Morgan fingerprint density at radius 3 is 1.83 bits per heavy atom. The maximum atomic E-state index is 13.6. The van der Waals surface area contributed by atoms with Crippen molar-refractivity contribution in [2.24, 2.45) is 0 Å². The highest BCUT2D eigenvalue weighted by Crippen LogP contribution is 2.39. The predicted molar refractivity (Wildman–Crippen MR) is 130 cm³/mol. The maximum absolute atomic E-state index is 13.6. The van der Waals surface area contributed by atoms with Gasteiger partial charge in [0.15, 0.2) is 0 Å². The molecule has 0 unspecified atom stereocenters. The quantitative estimate of drug-likeness (QED) is 0.231. The predicted octanol–water partition coefficient (Wildman–Crippen LogP) is 7.36. The number of rotatable bonds is 8. The van der Waals surface area contributed by atoms with Crippen LogP contribution in [0.2, 0.25) is 0 Å². The van der Waals surface area contributed by atoms with Crippen LogP contribution in [-0.2, 0) is 11.0 Å². The number of hydrogen-bond acceptors (Lipinski definition) is 3. The molecular formula is C28H25F3O4. The highest BCUT2D eigenvalue weighted by molar-refractivity contribution is 5.99. The van der Waals surface area contributed by atoms with Crippen LogP contribution in [0.15, 0.2) is 72.8 Å². The molecule has 3 N–H and O–H groups in total. The number of allylic oxidation sites excluding steroid dienone is 1. The van der Waals surface area contributed by atoms with E-state index in [2.05, 4.69) is 0 Å². The first-order valence-electron chi connectivity index (χ1n) is 11.0. The molecule has 3 rings (SSSR count).